The van der Waals surface area contributed by atoms with Crippen molar-refractivity contribution in [2.24, 2.45) is 0 Å². The van der Waals surface area contributed by atoms with Crippen molar-refractivity contribution < 1.29 is 19.4 Å². The first-order chi connectivity index (χ1) is 10.0. The second kappa shape index (κ2) is 6.21. The number of aryl methyl sites for hydroxylation is 1. The molecule has 0 aliphatic rings. The number of aromatic carboxylic acids is 1. The maximum Gasteiger partial charge on any atom is 0.359 e. The van der Waals surface area contributed by atoms with E-state index in [2.05, 4.69) is 5.10 Å². The number of esters is 1. The predicted molar refractivity (Wildman–Crippen MR) is 75.4 cm³/mol. The molecule has 0 saturated heterocycles. The molecule has 0 aliphatic carbocycles. The van der Waals surface area contributed by atoms with Crippen LogP contribution in [0.5, 0.6) is 0 Å². The first-order valence-corrected chi connectivity index (χ1v) is 6.54. The van der Waals surface area contributed by atoms with Crippen molar-refractivity contribution in [3.63, 3.8) is 0 Å². The highest BCUT2D eigenvalue weighted by Crippen LogP contribution is 2.12. The van der Waals surface area contributed by atoms with Crippen molar-refractivity contribution in [2.75, 3.05) is 6.61 Å². The summed E-state index contributed by atoms with van der Waals surface area (Å²) in [6, 6.07) is 7.78. The third-order valence-corrected chi connectivity index (χ3v) is 2.89. The van der Waals surface area contributed by atoms with E-state index < -0.39 is 11.9 Å². The van der Waals surface area contributed by atoms with Crippen molar-refractivity contribution in [3.8, 4) is 0 Å². The minimum absolute atomic E-state index is 0.152. The summed E-state index contributed by atoms with van der Waals surface area (Å²) in [6.07, 6.45) is 1.34. The van der Waals surface area contributed by atoms with Gasteiger partial charge in [-0.3, -0.25) is 4.68 Å². The summed E-state index contributed by atoms with van der Waals surface area (Å²) in [5, 5.41) is 13.2. The molecule has 0 radical (unpaired) electrons. The van der Waals surface area contributed by atoms with Gasteiger partial charge in [-0.25, -0.2) is 9.59 Å². The molecule has 1 aromatic heterocycles. The normalized spacial score (nSPS) is 10.4. The van der Waals surface area contributed by atoms with Gasteiger partial charge in [0, 0.05) is 6.20 Å². The molecule has 21 heavy (non-hydrogen) atoms. The van der Waals surface area contributed by atoms with E-state index in [1.807, 2.05) is 31.2 Å². The third kappa shape index (κ3) is 3.47. The van der Waals surface area contributed by atoms with Crippen molar-refractivity contribution in [1.82, 2.24) is 9.78 Å². The smallest absolute Gasteiger partial charge is 0.359 e. The Hall–Kier alpha value is -2.63. The van der Waals surface area contributed by atoms with Crippen molar-refractivity contribution in [3.05, 3.63) is 52.8 Å². The third-order valence-electron chi connectivity index (χ3n) is 2.89. The fraction of sp³-hybridized carbons (Fsp3) is 0.267. The Labute approximate surface area is 122 Å². The molecule has 0 unspecified atom stereocenters. The van der Waals surface area contributed by atoms with Crippen LogP contribution in [-0.4, -0.2) is 33.4 Å². The Morgan fingerprint density at radius 3 is 2.76 bits per heavy atom. The number of rotatable bonds is 5. The Morgan fingerprint density at radius 2 is 2.14 bits per heavy atom. The van der Waals surface area contributed by atoms with Gasteiger partial charge in [0.15, 0.2) is 5.69 Å². The quantitative estimate of drug-likeness (QED) is 0.852. The number of aromatic nitrogens is 2. The van der Waals surface area contributed by atoms with E-state index in [1.165, 1.54) is 10.9 Å². The highest BCUT2D eigenvalue weighted by molar-refractivity contribution is 6.00. The lowest BCUT2D eigenvalue weighted by molar-refractivity contribution is 0.0507. The van der Waals surface area contributed by atoms with Crippen LogP contribution in [0.4, 0.5) is 0 Å². The lowest BCUT2D eigenvalue weighted by Gasteiger charge is -2.03. The van der Waals surface area contributed by atoms with E-state index in [1.54, 1.807) is 6.92 Å². The van der Waals surface area contributed by atoms with Gasteiger partial charge < -0.3 is 9.84 Å². The van der Waals surface area contributed by atoms with Crippen LogP contribution in [0.3, 0.4) is 0 Å². The van der Waals surface area contributed by atoms with Crippen molar-refractivity contribution in [1.29, 1.82) is 0 Å². The van der Waals surface area contributed by atoms with Crippen LogP contribution < -0.4 is 0 Å². The monoisotopic (exact) mass is 288 g/mol. The highest BCUT2D eigenvalue weighted by Gasteiger charge is 2.22. The van der Waals surface area contributed by atoms with E-state index >= 15 is 0 Å². The van der Waals surface area contributed by atoms with Gasteiger partial charge in [-0.1, -0.05) is 29.8 Å². The second-order valence-corrected chi connectivity index (χ2v) is 4.60. The zero-order valence-corrected chi connectivity index (χ0v) is 11.9. The number of benzene rings is 1. The van der Waals surface area contributed by atoms with Gasteiger partial charge in [-0.05, 0) is 19.4 Å². The summed E-state index contributed by atoms with van der Waals surface area (Å²) in [4.78, 5) is 22.9. The van der Waals surface area contributed by atoms with Crippen LogP contribution in [0, 0.1) is 6.92 Å². The molecule has 1 aromatic carbocycles. The number of carbonyl (C=O) groups is 2. The molecule has 1 heterocycles. The van der Waals surface area contributed by atoms with Crippen LogP contribution in [0.1, 0.15) is 38.9 Å². The highest BCUT2D eigenvalue weighted by atomic mass is 16.5. The molecule has 0 spiro atoms. The Balaban J connectivity index is 2.31. The summed E-state index contributed by atoms with van der Waals surface area (Å²) < 4.78 is 6.26. The van der Waals surface area contributed by atoms with Crippen molar-refractivity contribution in [2.45, 2.75) is 20.4 Å². The molecule has 0 aliphatic heterocycles. The molecule has 2 aromatic rings. The summed E-state index contributed by atoms with van der Waals surface area (Å²) in [7, 11) is 0. The number of carboxylic acids is 1. The standard InChI is InChI=1S/C15H16N2O4/c1-3-21-15(20)13-12(14(18)19)9-17(16-13)8-11-6-4-5-10(2)7-11/h4-7,9H,3,8H2,1-2H3,(H,18,19). The Bertz CT molecular complexity index is 676. The molecular formula is C15H16N2O4. The van der Waals surface area contributed by atoms with E-state index in [0.29, 0.717) is 6.54 Å². The van der Waals surface area contributed by atoms with E-state index in [4.69, 9.17) is 9.84 Å². The zero-order valence-electron chi connectivity index (χ0n) is 11.9. The molecule has 6 heteroatoms. The lowest BCUT2D eigenvalue weighted by atomic mass is 10.1. The number of hydrogen-bond acceptors (Lipinski definition) is 4. The average Bonchev–Trinajstić information content (AvgIpc) is 2.83. The second-order valence-electron chi connectivity index (χ2n) is 4.60. The molecule has 0 fully saturated rings. The fourth-order valence-corrected chi connectivity index (χ4v) is 2.01. The number of ether oxygens (including phenoxy) is 1. The molecule has 0 atom stereocenters. The van der Waals surface area contributed by atoms with Gasteiger partial charge in [-0.2, -0.15) is 5.10 Å². The van der Waals surface area contributed by atoms with Gasteiger partial charge in [0.2, 0.25) is 0 Å². The largest absolute Gasteiger partial charge is 0.478 e. The number of nitrogens with zero attached hydrogens (tertiary/aromatic N) is 2. The number of carboxylic acid groups (broad SMARTS) is 1. The van der Waals surface area contributed by atoms with Gasteiger partial charge in [0.05, 0.1) is 13.2 Å². The summed E-state index contributed by atoms with van der Waals surface area (Å²) in [6.45, 7) is 4.19. The molecule has 1 N–H and O–H groups in total. The van der Waals surface area contributed by atoms with E-state index in [0.717, 1.165) is 11.1 Å². The molecular weight excluding hydrogens is 272 g/mol. The molecule has 0 bridgehead atoms. The Morgan fingerprint density at radius 1 is 1.38 bits per heavy atom. The first kappa shape index (κ1) is 14.8. The molecule has 2 rings (SSSR count). The number of carbonyl (C=O) groups excluding carboxylic acids is 1. The topological polar surface area (TPSA) is 81.4 Å². The van der Waals surface area contributed by atoms with Gasteiger partial charge in [-0.15, -0.1) is 0 Å². The van der Waals surface area contributed by atoms with Crippen LogP contribution >= 0.6 is 0 Å². The minimum atomic E-state index is -1.20. The number of hydrogen-bond donors (Lipinski definition) is 1. The Kier molecular flexibility index (Phi) is 4.37. The van der Waals surface area contributed by atoms with Crippen LogP contribution in [-0.2, 0) is 11.3 Å². The molecule has 6 nitrogen and oxygen atoms in total. The molecule has 110 valence electrons. The summed E-state index contributed by atoms with van der Waals surface area (Å²) in [5.74, 6) is -1.92. The minimum Gasteiger partial charge on any atom is -0.478 e. The van der Waals surface area contributed by atoms with Crippen LogP contribution in [0.2, 0.25) is 0 Å². The van der Waals surface area contributed by atoms with Gasteiger partial charge in [0.1, 0.15) is 5.56 Å². The molecule has 0 saturated carbocycles. The zero-order chi connectivity index (χ0) is 15.4. The predicted octanol–water partition coefficient (Wildman–Crippen LogP) is 2.11. The fourth-order valence-electron chi connectivity index (χ4n) is 2.01. The van der Waals surface area contributed by atoms with Gasteiger partial charge in [0.25, 0.3) is 0 Å². The van der Waals surface area contributed by atoms with Crippen molar-refractivity contribution >= 4 is 11.9 Å². The SMILES string of the molecule is CCOC(=O)c1nn(Cc2cccc(C)c2)cc1C(=O)O. The van der Waals surface area contributed by atoms with Gasteiger partial charge >= 0.3 is 11.9 Å². The lowest BCUT2D eigenvalue weighted by Crippen LogP contribution is -2.11. The summed E-state index contributed by atoms with van der Waals surface area (Å²) in [5.41, 5.74) is 1.76. The first-order valence-electron chi connectivity index (χ1n) is 6.54. The van der Waals surface area contributed by atoms with Crippen LogP contribution in [0.15, 0.2) is 30.5 Å². The van der Waals surface area contributed by atoms with Crippen LogP contribution in [0.25, 0.3) is 0 Å². The van der Waals surface area contributed by atoms with E-state index in [9.17, 15) is 9.59 Å². The maximum atomic E-state index is 11.7. The maximum absolute atomic E-state index is 11.7. The van der Waals surface area contributed by atoms with E-state index in [-0.39, 0.29) is 17.9 Å². The average molecular weight is 288 g/mol. The molecule has 0 amide bonds. The summed E-state index contributed by atoms with van der Waals surface area (Å²) >= 11 is 0.